The van der Waals surface area contributed by atoms with Gasteiger partial charge in [0.15, 0.2) is 0 Å². The summed E-state index contributed by atoms with van der Waals surface area (Å²) in [6.45, 7) is 0.347. The van der Waals surface area contributed by atoms with E-state index in [0.29, 0.717) is 18.5 Å². The summed E-state index contributed by atoms with van der Waals surface area (Å²) in [4.78, 5) is 23.5. The monoisotopic (exact) mass is 312 g/mol. The van der Waals surface area contributed by atoms with Crippen molar-refractivity contribution in [3.63, 3.8) is 0 Å². The summed E-state index contributed by atoms with van der Waals surface area (Å²) in [5, 5.41) is 19.8. The Kier molecular flexibility index (Phi) is 5.03. The largest absolute Gasteiger partial charge is 0.445 e. The molecule has 1 heterocycles. The number of thiol groups is 1. The fourth-order valence-corrected chi connectivity index (χ4v) is 2.65. The molecular weight excluding hydrogens is 296 g/mol. The summed E-state index contributed by atoms with van der Waals surface area (Å²) in [7, 11) is 0. The molecule has 1 aliphatic rings. The highest BCUT2D eigenvalue weighted by atomic mass is 32.1. The van der Waals surface area contributed by atoms with E-state index < -0.39 is 11.0 Å². The van der Waals surface area contributed by atoms with Crippen LogP contribution < -0.4 is 0 Å². The van der Waals surface area contributed by atoms with Gasteiger partial charge in [0.05, 0.1) is 17.6 Å². The maximum Gasteiger partial charge on any atom is 0.410 e. The molecule has 1 saturated heterocycles. The third-order valence-electron chi connectivity index (χ3n) is 3.35. The van der Waals surface area contributed by atoms with Crippen molar-refractivity contribution in [2.75, 3.05) is 13.2 Å². The van der Waals surface area contributed by atoms with Gasteiger partial charge in [-0.05, 0) is 24.1 Å². The highest BCUT2D eigenvalue weighted by molar-refractivity contribution is 7.81. The number of likely N-dealkylation sites (tertiary alicyclic amines) is 1. The average molecular weight is 312 g/mol. The number of hydrogen-bond acceptors (Lipinski definition) is 6. The van der Waals surface area contributed by atoms with Gasteiger partial charge in [0.2, 0.25) is 0 Å². The second kappa shape index (κ2) is 6.77. The Morgan fingerprint density at radius 1 is 1.48 bits per heavy atom. The number of aliphatic hydroxyl groups excluding tert-OH is 1. The van der Waals surface area contributed by atoms with Crippen molar-refractivity contribution in [2.24, 2.45) is 0 Å². The summed E-state index contributed by atoms with van der Waals surface area (Å²) in [5.41, 5.74) is 0.652. The summed E-state index contributed by atoms with van der Waals surface area (Å²) < 4.78 is 5.16. The number of aliphatic hydroxyl groups is 1. The van der Waals surface area contributed by atoms with Crippen molar-refractivity contribution in [2.45, 2.75) is 24.3 Å². The minimum absolute atomic E-state index is 0.0112. The van der Waals surface area contributed by atoms with Gasteiger partial charge >= 0.3 is 6.09 Å². The molecule has 8 heteroatoms. The van der Waals surface area contributed by atoms with Crippen LogP contribution in [0.3, 0.4) is 0 Å². The lowest BCUT2D eigenvalue weighted by Gasteiger charge is -2.22. The number of nitrogens with zero attached hydrogens (tertiary/aromatic N) is 2. The zero-order valence-electron chi connectivity index (χ0n) is 11.2. The highest BCUT2D eigenvalue weighted by Crippen LogP contribution is 2.22. The molecule has 1 amide bonds. The Hall–Kier alpha value is -1.80. The second-order valence-electron chi connectivity index (χ2n) is 4.86. The zero-order chi connectivity index (χ0) is 15.4. The first-order valence-corrected chi connectivity index (χ1v) is 6.98. The van der Waals surface area contributed by atoms with Gasteiger partial charge in [-0.2, -0.15) is 12.6 Å². The van der Waals surface area contributed by atoms with Crippen molar-refractivity contribution in [1.82, 2.24) is 4.90 Å². The Morgan fingerprint density at radius 2 is 2.14 bits per heavy atom. The fraction of sp³-hybridized carbons (Fsp3) is 0.462. The molecule has 2 atom stereocenters. The summed E-state index contributed by atoms with van der Waals surface area (Å²) >= 11 is 4.30. The summed E-state index contributed by atoms with van der Waals surface area (Å²) in [6, 6.07) is 5.54. The maximum absolute atomic E-state index is 12.0. The van der Waals surface area contributed by atoms with E-state index in [9.17, 15) is 20.0 Å². The topological polar surface area (TPSA) is 92.9 Å². The van der Waals surface area contributed by atoms with Gasteiger partial charge in [0, 0.05) is 23.9 Å². The first-order valence-electron chi connectivity index (χ1n) is 6.47. The van der Waals surface area contributed by atoms with Crippen LogP contribution in [0.5, 0.6) is 0 Å². The number of non-ortho nitro benzene ring substituents is 1. The van der Waals surface area contributed by atoms with E-state index in [0.717, 1.165) is 0 Å². The standard InChI is InChI=1S/C13H16N2O5S/c16-7-11-5-12(21)6-14(11)13(17)20-8-9-1-3-10(4-2-9)15(18)19/h1-4,11-12,16,21H,5-8H2/t11-,12-/m0/s1. The summed E-state index contributed by atoms with van der Waals surface area (Å²) in [5.74, 6) is 0. The van der Waals surface area contributed by atoms with Crippen LogP contribution >= 0.6 is 12.6 Å². The van der Waals surface area contributed by atoms with E-state index in [1.54, 1.807) is 12.1 Å². The number of carbonyl (C=O) groups is 1. The lowest BCUT2D eigenvalue weighted by molar-refractivity contribution is -0.384. The molecule has 1 fully saturated rings. The van der Waals surface area contributed by atoms with Crippen LogP contribution in [-0.4, -0.2) is 45.5 Å². The SMILES string of the molecule is O=C(OCc1ccc([N+](=O)[O-])cc1)N1C[C@@H](S)C[C@H]1CO. The molecule has 0 aliphatic carbocycles. The van der Waals surface area contributed by atoms with Gasteiger partial charge in [0.1, 0.15) is 6.61 Å². The smallest absolute Gasteiger partial charge is 0.410 e. The number of benzene rings is 1. The Bertz CT molecular complexity index is 522. The molecule has 0 bridgehead atoms. The predicted octanol–water partition coefficient (Wildman–Crippen LogP) is 1.60. The van der Waals surface area contributed by atoms with Crippen molar-refractivity contribution in [1.29, 1.82) is 0 Å². The molecule has 114 valence electrons. The third kappa shape index (κ3) is 3.85. The van der Waals surface area contributed by atoms with Gasteiger partial charge in [-0.1, -0.05) is 0 Å². The summed E-state index contributed by atoms with van der Waals surface area (Å²) in [6.07, 6.45) is 0.121. The van der Waals surface area contributed by atoms with E-state index in [4.69, 9.17) is 4.74 Å². The molecule has 1 aliphatic heterocycles. The molecule has 21 heavy (non-hydrogen) atoms. The Morgan fingerprint density at radius 3 is 2.71 bits per heavy atom. The molecule has 0 saturated carbocycles. The van der Waals surface area contributed by atoms with Gasteiger partial charge in [-0.25, -0.2) is 4.79 Å². The number of ether oxygens (including phenoxy) is 1. The van der Waals surface area contributed by atoms with Crippen LogP contribution in [0, 0.1) is 10.1 Å². The third-order valence-corrected chi connectivity index (χ3v) is 3.72. The van der Waals surface area contributed by atoms with E-state index >= 15 is 0 Å². The maximum atomic E-state index is 12.0. The average Bonchev–Trinajstić information content (AvgIpc) is 2.86. The van der Waals surface area contributed by atoms with Crippen molar-refractivity contribution in [3.8, 4) is 0 Å². The molecule has 1 aromatic rings. The minimum atomic E-state index is -0.510. The van der Waals surface area contributed by atoms with Gasteiger partial charge < -0.3 is 14.7 Å². The fourth-order valence-electron chi connectivity index (χ4n) is 2.23. The van der Waals surface area contributed by atoms with Gasteiger partial charge in [-0.3, -0.25) is 10.1 Å². The van der Waals surface area contributed by atoms with Crippen molar-refractivity contribution >= 4 is 24.4 Å². The van der Waals surface area contributed by atoms with E-state index in [2.05, 4.69) is 12.6 Å². The Labute approximate surface area is 127 Å². The van der Waals surface area contributed by atoms with Crippen LogP contribution in [-0.2, 0) is 11.3 Å². The highest BCUT2D eigenvalue weighted by Gasteiger charge is 2.34. The van der Waals surface area contributed by atoms with E-state index in [1.165, 1.54) is 17.0 Å². The first kappa shape index (κ1) is 15.6. The molecule has 2 rings (SSSR count). The zero-order valence-corrected chi connectivity index (χ0v) is 12.1. The molecule has 0 radical (unpaired) electrons. The molecule has 0 unspecified atom stereocenters. The number of amides is 1. The lowest BCUT2D eigenvalue weighted by Crippen LogP contribution is -2.38. The lowest BCUT2D eigenvalue weighted by atomic mass is 10.2. The van der Waals surface area contributed by atoms with Crippen LogP contribution in [0.1, 0.15) is 12.0 Å². The molecule has 1 aromatic carbocycles. The van der Waals surface area contributed by atoms with Gasteiger partial charge in [-0.15, -0.1) is 0 Å². The molecule has 7 nitrogen and oxygen atoms in total. The number of nitro groups is 1. The predicted molar refractivity (Wildman–Crippen MR) is 78.3 cm³/mol. The van der Waals surface area contributed by atoms with Crippen LogP contribution in [0.4, 0.5) is 10.5 Å². The number of rotatable bonds is 4. The molecule has 1 N–H and O–H groups in total. The molecular formula is C13H16N2O5S. The van der Waals surface area contributed by atoms with Gasteiger partial charge in [0.25, 0.3) is 5.69 Å². The number of nitro benzene ring substituents is 1. The van der Waals surface area contributed by atoms with Crippen LogP contribution in [0.15, 0.2) is 24.3 Å². The second-order valence-corrected chi connectivity index (χ2v) is 5.59. The normalized spacial score (nSPS) is 21.3. The van der Waals surface area contributed by atoms with E-state index in [1.807, 2.05) is 0 Å². The Balaban J connectivity index is 1.90. The molecule has 0 spiro atoms. The quantitative estimate of drug-likeness (QED) is 0.500. The number of carbonyl (C=O) groups excluding carboxylic acids is 1. The number of hydrogen-bond donors (Lipinski definition) is 2. The first-order chi connectivity index (χ1) is 10.0. The van der Waals surface area contributed by atoms with Crippen molar-refractivity contribution < 1.29 is 19.6 Å². The molecule has 0 aromatic heterocycles. The van der Waals surface area contributed by atoms with Crippen LogP contribution in [0.25, 0.3) is 0 Å². The minimum Gasteiger partial charge on any atom is -0.445 e. The van der Waals surface area contributed by atoms with Crippen molar-refractivity contribution in [3.05, 3.63) is 39.9 Å². The van der Waals surface area contributed by atoms with Crippen LogP contribution in [0.2, 0.25) is 0 Å². The van der Waals surface area contributed by atoms with E-state index in [-0.39, 0.29) is 30.2 Å².